The molecule has 0 bridgehead atoms. The monoisotopic (exact) mass is 345 g/mol. The highest BCUT2D eigenvalue weighted by Gasteiger charge is 2.19. The van der Waals surface area contributed by atoms with Gasteiger partial charge in [-0.05, 0) is 36.6 Å². The standard InChI is InChI=1S/C12H10BrCl2N3/c13-7-5-8-10(9(14)6-7)16-12(15)17-11(8)18-3-1-2-4-18/h5-6H,1-4H2. The van der Waals surface area contributed by atoms with Crippen molar-refractivity contribution in [2.45, 2.75) is 12.8 Å². The van der Waals surface area contributed by atoms with Crippen molar-refractivity contribution >= 4 is 55.9 Å². The van der Waals surface area contributed by atoms with Crippen LogP contribution in [0, 0.1) is 0 Å². The molecule has 0 atom stereocenters. The molecule has 2 heterocycles. The van der Waals surface area contributed by atoms with Crippen LogP contribution in [-0.2, 0) is 0 Å². The van der Waals surface area contributed by atoms with Crippen LogP contribution in [0.4, 0.5) is 5.82 Å². The van der Waals surface area contributed by atoms with Gasteiger partial charge in [-0.2, -0.15) is 4.98 Å². The summed E-state index contributed by atoms with van der Waals surface area (Å²) in [4.78, 5) is 10.8. The van der Waals surface area contributed by atoms with Crippen molar-refractivity contribution in [2.75, 3.05) is 18.0 Å². The Morgan fingerprint density at radius 2 is 1.83 bits per heavy atom. The Morgan fingerprint density at radius 3 is 2.56 bits per heavy atom. The number of aromatic nitrogens is 2. The van der Waals surface area contributed by atoms with Crippen LogP contribution in [0.25, 0.3) is 10.9 Å². The average Bonchev–Trinajstić information content (AvgIpc) is 2.83. The van der Waals surface area contributed by atoms with Crippen LogP contribution in [0.3, 0.4) is 0 Å². The Labute approximate surface area is 123 Å². The quantitative estimate of drug-likeness (QED) is 0.721. The zero-order valence-electron chi connectivity index (χ0n) is 9.46. The lowest BCUT2D eigenvalue weighted by Gasteiger charge is -2.18. The summed E-state index contributed by atoms with van der Waals surface area (Å²) < 4.78 is 0.923. The van der Waals surface area contributed by atoms with Gasteiger partial charge in [0.25, 0.3) is 0 Å². The van der Waals surface area contributed by atoms with Gasteiger partial charge in [-0.15, -0.1) is 0 Å². The smallest absolute Gasteiger partial charge is 0.224 e. The Bertz CT molecular complexity index is 612. The van der Waals surface area contributed by atoms with E-state index < -0.39 is 0 Å². The fraction of sp³-hybridized carbons (Fsp3) is 0.333. The highest BCUT2D eigenvalue weighted by Crippen LogP contribution is 2.34. The molecular weight excluding hydrogens is 337 g/mol. The molecule has 0 aliphatic carbocycles. The molecule has 1 saturated heterocycles. The first-order chi connectivity index (χ1) is 8.65. The lowest BCUT2D eigenvalue weighted by molar-refractivity contribution is 0.939. The summed E-state index contributed by atoms with van der Waals surface area (Å²) in [7, 11) is 0. The minimum Gasteiger partial charge on any atom is -0.356 e. The summed E-state index contributed by atoms with van der Waals surface area (Å²) in [5.41, 5.74) is 0.710. The highest BCUT2D eigenvalue weighted by atomic mass is 79.9. The summed E-state index contributed by atoms with van der Waals surface area (Å²) >= 11 is 15.7. The normalized spacial score (nSPS) is 15.6. The van der Waals surface area contributed by atoms with Gasteiger partial charge in [0.15, 0.2) is 0 Å². The molecule has 18 heavy (non-hydrogen) atoms. The first kappa shape index (κ1) is 12.5. The number of benzene rings is 1. The summed E-state index contributed by atoms with van der Waals surface area (Å²) in [6.07, 6.45) is 2.37. The van der Waals surface area contributed by atoms with E-state index in [-0.39, 0.29) is 5.28 Å². The van der Waals surface area contributed by atoms with Crippen LogP contribution in [-0.4, -0.2) is 23.1 Å². The second kappa shape index (κ2) is 4.83. The summed E-state index contributed by atoms with van der Waals surface area (Å²) in [6.45, 7) is 2.01. The van der Waals surface area contributed by atoms with Crippen molar-refractivity contribution in [1.29, 1.82) is 0 Å². The van der Waals surface area contributed by atoms with Crippen molar-refractivity contribution < 1.29 is 0 Å². The molecule has 1 fully saturated rings. The lowest BCUT2D eigenvalue weighted by Crippen LogP contribution is -2.19. The van der Waals surface area contributed by atoms with Gasteiger partial charge in [-0.25, -0.2) is 4.98 Å². The van der Waals surface area contributed by atoms with Gasteiger partial charge in [-0.1, -0.05) is 27.5 Å². The Morgan fingerprint density at radius 1 is 1.11 bits per heavy atom. The molecule has 0 unspecified atom stereocenters. The van der Waals surface area contributed by atoms with Crippen molar-refractivity contribution in [3.8, 4) is 0 Å². The Kier molecular flexibility index (Phi) is 3.34. The molecule has 3 rings (SSSR count). The van der Waals surface area contributed by atoms with E-state index in [9.17, 15) is 0 Å². The fourth-order valence-corrected chi connectivity index (χ4v) is 3.30. The van der Waals surface area contributed by atoms with Gasteiger partial charge < -0.3 is 4.90 Å². The van der Waals surface area contributed by atoms with Crippen LogP contribution in [0.1, 0.15) is 12.8 Å². The first-order valence-corrected chi connectivity index (χ1v) is 7.27. The molecule has 1 aromatic carbocycles. The molecule has 1 aromatic heterocycles. The molecule has 3 nitrogen and oxygen atoms in total. The van der Waals surface area contributed by atoms with Crippen LogP contribution < -0.4 is 4.90 Å². The largest absolute Gasteiger partial charge is 0.356 e. The van der Waals surface area contributed by atoms with Gasteiger partial charge in [0.1, 0.15) is 5.82 Å². The predicted octanol–water partition coefficient (Wildman–Crippen LogP) is 4.30. The van der Waals surface area contributed by atoms with E-state index in [1.165, 1.54) is 12.8 Å². The van der Waals surface area contributed by atoms with Crippen LogP contribution >= 0.6 is 39.1 Å². The van der Waals surface area contributed by atoms with E-state index in [1.54, 1.807) is 0 Å². The summed E-state index contributed by atoms with van der Waals surface area (Å²) in [5.74, 6) is 0.880. The zero-order valence-corrected chi connectivity index (χ0v) is 12.6. The molecule has 0 radical (unpaired) electrons. The predicted molar refractivity (Wildman–Crippen MR) is 78.7 cm³/mol. The molecule has 2 aromatic rings. The second-order valence-corrected chi connectivity index (χ2v) is 5.96. The fourth-order valence-electron chi connectivity index (χ4n) is 2.28. The maximum absolute atomic E-state index is 6.22. The Balaban J connectivity index is 2.28. The minimum absolute atomic E-state index is 0.244. The third-order valence-electron chi connectivity index (χ3n) is 3.08. The third kappa shape index (κ3) is 2.17. The van der Waals surface area contributed by atoms with Crippen molar-refractivity contribution in [1.82, 2.24) is 9.97 Å². The molecule has 0 N–H and O–H groups in total. The summed E-state index contributed by atoms with van der Waals surface area (Å²) in [6, 6.07) is 3.81. The average molecular weight is 347 g/mol. The third-order valence-corrected chi connectivity index (χ3v) is 3.99. The number of halogens is 3. The van der Waals surface area contributed by atoms with E-state index in [2.05, 4.69) is 30.8 Å². The first-order valence-electron chi connectivity index (χ1n) is 5.72. The summed E-state index contributed by atoms with van der Waals surface area (Å²) in [5, 5.41) is 1.78. The number of anilines is 1. The van der Waals surface area contributed by atoms with Gasteiger partial charge in [-0.3, -0.25) is 0 Å². The van der Waals surface area contributed by atoms with Gasteiger partial charge in [0, 0.05) is 22.9 Å². The molecule has 94 valence electrons. The SMILES string of the molecule is Clc1nc(N2CCCC2)c2cc(Br)cc(Cl)c2n1. The number of rotatable bonds is 1. The van der Waals surface area contributed by atoms with Gasteiger partial charge in [0.2, 0.25) is 5.28 Å². The lowest BCUT2D eigenvalue weighted by atomic mass is 10.2. The molecule has 6 heteroatoms. The van der Waals surface area contributed by atoms with E-state index >= 15 is 0 Å². The highest BCUT2D eigenvalue weighted by molar-refractivity contribution is 9.10. The van der Waals surface area contributed by atoms with Crippen molar-refractivity contribution in [3.63, 3.8) is 0 Å². The molecule has 0 saturated carbocycles. The van der Waals surface area contributed by atoms with Crippen molar-refractivity contribution in [3.05, 3.63) is 26.9 Å². The van der Waals surface area contributed by atoms with Crippen LogP contribution in [0.15, 0.2) is 16.6 Å². The molecule has 1 aliphatic heterocycles. The maximum Gasteiger partial charge on any atom is 0.224 e. The van der Waals surface area contributed by atoms with E-state index in [0.29, 0.717) is 10.5 Å². The number of hydrogen-bond donors (Lipinski definition) is 0. The Hall–Kier alpha value is -0.580. The second-order valence-electron chi connectivity index (χ2n) is 4.29. The molecule has 0 amide bonds. The van der Waals surface area contributed by atoms with E-state index in [0.717, 1.165) is 28.8 Å². The van der Waals surface area contributed by atoms with Crippen LogP contribution in [0.2, 0.25) is 10.3 Å². The molecular formula is C12H10BrCl2N3. The topological polar surface area (TPSA) is 29.0 Å². The number of fused-ring (bicyclic) bond motifs is 1. The molecule has 1 aliphatic rings. The maximum atomic E-state index is 6.22. The number of nitrogens with zero attached hydrogens (tertiary/aromatic N) is 3. The van der Waals surface area contributed by atoms with Gasteiger partial charge in [0.05, 0.1) is 10.5 Å². The zero-order chi connectivity index (χ0) is 12.7. The molecule has 0 spiro atoms. The minimum atomic E-state index is 0.244. The van der Waals surface area contributed by atoms with Gasteiger partial charge >= 0.3 is 0 Å². The van der Waals surface area contributed by atoms with Crippen molar-refractivity contribution in [2.24, 2.45) is 0 Å². The van der Waals surface area contributed by atoms with E-state index in [1.807, 2.05) is 12.1 Å². The van der Waals surface area contributed by atoms with E-state index in [4.69, 9.17) is 23.2 Å². The number of hydrogen-bond acceptors (Lipinski definition) is 3. The van der Waals surface area contributed by atoms with Crippen LogP contribution in [0.5, 0.6) is 0 Å².